The molecule has 0 aliphatic heterocycles. The summed E-state index contributed by atoms with van der Waals surface area (Å²) in [6, 6.07) is 6.56. The van der Waals surface area contributed by atoms with Crippen LogP contribution in [0.5, 0.6) is 11.5 Å². The highest BCUT2D eigenvalue weighted by Crippen LogP contribution is 2.31. The van der Waals surface area contributed by atoms with Crippen LogP contribution in [-0.2, 0) is 0 Å². The molecule has 0 radical (unpaired) electrons. The molecular weight excluding hydrogens is 204 g/mol. The molecular formula is C12H10N2O2. The monoisotopic (exact) mass is 214 g/mol. The molecule has 0 saturated carbocycles. The summed E-state index contributed by atoms with van der Waals surface area (Å²) in [6.07, 6.45) is 0. The normalized spacial score (nSPS) is 11.5. The number of phenolic OH excluding ortho intramolecular Hbond substituents is 2. The number of benzene rings is 2. The maximum Gasteiger partial charge on any atom is 0.139 e. The van der Waals surface area contributed by atoms with E-state index in [0.717, 1.165) is 20.9 Å². The van der Waals surface area contributed by atoms with E-state index in [1.54, 1.807) is 12.1 Å². The smallest absolute Gasteiger partial charge is 0.139 e. The summed E-state index contributed by atoms with van der Waals surface area (Å²) in [6.45, 7) is 0. The lowest BCUT2D eigenvalue weighted by Crippen LogP contribution is -2.01. The van der Waals surface area contributed by atoms with E-state index in [0.29, 0.717) is 11.4 Å². The van der Waals surface area contributed by atoms with Crippen molar-refractivity contribution in [3.63, 3.8) is 0 Å². The number of anilines is 2. The Morgan fingerprint density at radius 1 is 0.688 bits per heavy atom. The first kappa shape index (κ1) is 8.91. The van der Waals surface area contributed by atoms with Gasteiger partial charge in [0, 0.05) is 10.4 Å². The lowest BCUT2D eigenvalue weighted by molar-refractivity contribution is 0.477. The Balaban J connectivity index is 2.65. The molecule has 0 heterocycles. The lowest BCUT2D eigenvalue weighted by atomic mass is 9.98. The van der Waals surface area contributed by atoms with Crippen LogP contribution in [0.15, 0.2) is 24.3 Å². The number of hydrogen-bond acceptors (Lipinski definition) is 4. The Bertz CT molecular complexity index is 705. The number of aromatic hydroxyl groups is 2. The average Bonchev–Trinajstić information content (AvgIpc) is 2.22. The van der Waals surface area contributed by atoms with Crippen molar-refractivity contribution in [2.24, 2.45) is 0 Å². The van der Waals surface area contributed by atoms with Crippen LogP contribution in [0.2, 0.25) is 0 Å². The largest absolute Gasteiger partial charge is 0.506 e. The van der Waals surface area contributed by atoms with Crippen molar-refractivity contribution < 1.29 is 10.2 Å². The minimum absolute atomic E-state index is 0.0658. The van der Waals surface area contributed by atoms with Gasteiger partial charge in [0.15, 0.2) is 0 Å². The van der Waals surface area contributed by atoms with Crippen molar-refractivity contribution in [3.8, 4) is 11.5 Å². The molecule has 80 valence electrons. The van der Waals surface area contributed by atoms with Crippen molar-refractivity contribution in [2.45, 2.75) is 0 Å². The van der Waals surface area contributed by atoms with Crippen LogP contribution < -0.4 is 11.5 Å². The number of fused-ring (bicyclic) bond motifs is 2. The highest BCUT2D eigenvalue weighted by Gasteiger charge is 2.12. The molecule has 3 rings (SSSR count). The van der Waals surface area contributed by atoms with Crippen molar-refractivity contribution in [3.05, 3.63) is 45.1 Å². The van der Waals surface area contributed by atoms with Gasteiger partial charge in [0.1, 0.15) is 11.5 Å². The molecule has 0 atom stereocenters. The van der Waals surface area contributed by atoms with Gasteiger partial charge in [0.05, 0.1) is 11.4 Å². The zero-order valence-electron chi connectivity index (χ0n) is 8.36. The molecule has 0 saturated heterocycles. The average molecular weight is 214 g/mol. The number of phenols is 2. The second kappa shape index (κ2) is 2.61. The Hall–Kier alpha value is -2.36. The number of nitrogens with two attached hydrogens (primary N) is 2. The zero-order chi connectivity index (χ0) is 11.4. The van der Waals surface area contributed by atoms with E-state index < -0.39 is 0 Å². The van der Waals surface area contributed by atoms with Crippen LogP contribution in [0.25, 0.3) is 0 Å². The first-order valence-electron chi connectivity index (χ1n) is 4.85. The third kappa shape index (κ3) is 0.839. The van der Waals surface area contributed by atoms with Crippen LogP contribution >= 0.6 is 0 Å². The summed E-state index contributed by atoms with van der Waals surface area (Å²) in [4.78, 5) is 0. The van der Waals surface area contributed by atoms with Gasteiger partial charge in [-0.2, -0.15) is 0 Å². The van der Waals surface area contributed by atoms with E-state index in [4.69, 9.17) is 11.5 Å². The minimum Gasteiger partial charge on any atom is -0.506 e. The third-order valence-electron chi connectivity index (χ3n) is 2.98. The first-order chi connectivity index (χ1) is 7.61. The third-order valence-corrected chi connectivity index (χ3v) is 2.98. The predicted molar refractivity (Wildman–Crippen MR) is 60.4 cm³/mol. The van der Waals surface area contributed by atoms with Gasteiger partial charge in [-0.25, -0.2) is 0 Å². The Labute approximate surface area is 90.4 Å². The molecule has 4 nitrogen and oxygen atoms in total. The quantitative estimate of drug-likeness (QED) is 0.333. The molecule has 16 heavy (non-hydrogen) atoms. The summed E-state index contributed by atoms with van der Waals surface area (Å²) in [5.41, 5.74) is 12.3. The molecule has 0 spiro atoms. The summed E-state index contributed by atoms with van der Waals surface area (Å²) in [7, 11) is 0. The topological polar surface area (TPSA) is 92.5 Å². The van der Waals surface area contributed by atoms with Gasteiger partial charge in [0.25, 0.3) is 0 Å². The lowest BCUT2D eigenvalue weighted by Gasteiger charge is -2.11. The van der Waals surface area contributed by atoms with Gasteiger partial charge in [-0.15, -0.1) is 0 Å². The number of rotatable bonds is 0. The fourth-order valence-corrected chi connectivity index (χ4v) is 2.15. The van der Waals surface area contributed by atoms with Crippen molar-refractivity contribution >= 4 is 11.4 Å². The molecule has 1 aliphatic rings. The molecule has 6 N–H and O–H groups in total. The van der Waals surface area contributed by atoms with E-state index >= 15 is 0 Å². The Kier molecular flexibility index (Phi) is 1.45. The molecule has 2 aromatic carbocycles. The molecule has 1 aliphatic carbocycles. The summed E-state index contributed by atoms with van der Waals surface area (Å²) >= 11 is 0. The fraction of sp³-hybridized carbons (Fsp3) is 0. The summed E-state index contributed by atoms with van der Waals surface area (Å²) in [5.74, 6) is 0.132. The molecule has 0 unspecified atom stereocenters. The van der Waals surface area contributed by atoms with E-state index in [9.17, 15) is 10.2 Å². The number of nitrogen functional groups attached to an aromatic ring is 2. The molecule has 0 amide bonds. The maximum absolute atomic E-state index is 9.50. The van der Waals surface area contributed by atoms with Crippen LogP contribution in [0.4, 0.5) is 11.4 Å². The molecule has 0 aromatic heterocycles. The van der Waals surface area contributed by atoms with E-state index in [2.05, 4.69) is 0 Å². The highest BCUT2D eigenvalue weighted by atomic mass is 16.3. The van der Waals surface area contributed by atoms with E-state index in [-0.39, 0.29) is 11.5 Å². The minimum atomic E-state index is 0.0658. The van der Waals surface area contributed by atoms with Crippen LogP contribution in [-0.4, -0.2) is 10.2 Å². The van der Waals surface area contributed by atoms with Gasteiger partial charge in [0.2, 0.25) is 0 Å². The molecule has 4 heteroatoms. The van der Waals surface area contributed by atoms with E-state index in [1.165, 1.54) is 12.1 Å². The SMILES string of the molecule is Nc1c(O)ccc2c1=c1ccc(O)c(N)c1=2. The second-order valence-electron chi connectivity index (χ2n) is 3.84. The van der Waals surface area contributed by atoms with Crippen LogP contribution in [0.3, 0.4) is 0 Å². The maximum atomic E-state index is 9.50. The van der Waals surface area contributed by atoms with Gasteiger partial charge in [-0.05, 0) is 34.7 Å². The molecule has 0 bridgehead atoms. The predicted octanol–water partition coefficient (Wildman–Crippen LogP) is 1.15. The van der Waals surface area contributed by atoms with Crippen molar-refractivity contribution in [2.75, 3.05) is 11.5 Å². The van der Waals surface area contributed by atoms with Gasteiger partial charge < -0.3 is 21.7 Å². The highest BCUT2D eigenvalue weighted by molar-refractivity contribution is 5.62. The first-order valence-corrected chi connectivity index (χ1v) is 4.85. The van der Waals surface area contributed by atoms with Crippen LogP contribution in [0, 0.1) is 20.9 Å². The van der Waals surface area contributed by atoms with Crippen molar-refractivity contribution in [1.82, 2.24) is 0 Å². The van der Waals surface area contributed by atoms with Gasteiger partial charge in [-0.3, -0.25) is 0 Å². The molecule has 0 fully saturated rings. The Morgan fingerprint density at radius 2 is 1.06 bits per heavy atom. The molecule has 2 aromatic rings. The second-order valence-corrected chi connectivity index (χ2v) is 3.84. The summed E-state index contributed by atoms with van der Waals surface area (Å²) < 4.78 is 0. The van der Waals surface area contributed by atoms with Gasteiger partial charge >= 0.3 is 0 Å². The zero-order valence-corrected chi connectivity index (χ0v) is 8.36. The van der Waals surface area contributed by atoms with Crippen molar-refractivity contribution in [1.29, 1.82) is 0 Å². The fourth-order valence-electron chi connectivity index (χ4n) is 2.15. The Morgan fingerprint density at radius 3 is 1.44 bits per heavy atom. The van der Waals surface area contributed by atoms with E-state index in [1.807, 2.05) is 0 Å². The van der Waals surface area contributed by atoms with Crippen LogP contribution in [0.1, 0.15) is 0 Å². The summed E-state index contributed by atoms with van der Waals surface area (Å²) in [5, 5.41) is 22.4. The standard InChI is InChI=1S/C12H10N2O2/c13-11-7(15)3-1-5-9(11)6-2-4-8(16)12(14)10(5)6/h1-4,15-16H,13-14H2. The number of hydrogen-bond donors (Lipinski definition) is 4. The van der Waals surface area contributed by atoms with Gasteiger partial charge in [-0.1, -0.05) is 0 Å².